The standard InChI is InChI=1S/C38H34Cl2F3N7O/c1-18-24-15-30(29-14-22(17-48(29)38(51)19-7-8-19)49-11-9-27(47-49)37(42)43)50(35-21-13-28(35)45-16-21)36(24)25-12-20(4-3-10-44)31(33(41)34(25)46-18)23-5-2-6-26(39)32(23)40/h2,5-6,9,11-12,15,19,21-22,28-29,35,37,45H,3-4,7-8,13-14,16-17H2,1H3/t21-,22+,28-,29-,35+/m1/s1. The first-order valence-electron chi connectivity index (χ1n) is 17.5. The zero-order chi connectivity index (χ0) is 35.3. The van der Waals surface area contributed by atoms with E-state index >= 15 is 4.39 Å². The molecule has 5 aliphatic rings. The number of nitrogens with one attached hydrogen (secondary N) is 1. The molecule has 13 heteroatoms. The number of halogens is 5. The molecule has 5 atom stereocenters. The second-order valence-electron chi connectivity index (χ2n) is 14.5. The van der Waals surface area contributed by atoms with E-state index in [4.69, 9.17) is 28.2 Å². The lowest BCUT2D eigenvalue weighted by Crippen LogP contribution is -2.41. The summed E-state index contributed by atoms with van der Waals surface area (Å²) >= 11 is 13.1. The van der Waals surface area contributed by atoms with E-state index in [1.165, 1.54) is 6.07 Å². The number of carbonyl (C=O) groups excluding carboxylic acids is 1. The van der Waals surface area contributed by atoms with Crippen molar-refractivity contribution < 1.29 is 18.0 Å². The number of nitriles is 1. The molecule has 51 heavy (non-hydrogen) atoms. The SMILES string of the molecule is Cc1nc2c(F)c(-c3cccc(Cl)c3Cl)c(CCC#N)cc2c2c1cc([C@H]1C[C@H](n3ccc(C(F)F)n3)CN1C(=O)C1CC1)n2[C@H]1[C@H]2CN[C@@H]1C2. The van der Waals surface area contributed by atoms with Crippen LogP contribution in [0.5, 0.6) is 0 Å². The third-order valence-corrected chi connectivity index (χ3v) is 12.3. The van der Waals surface area contributed by atoms with Crippen molar-refractivity contribution in [2.45, 2.75) is 76.0 Å². The summed E-state index contributed by atoms with van der Waals surface area (Å²) in [6.07, 6.45) is 2.54. The molecule has 262 valence electrons. The van der Waals surface area contributed by atoms with Crippen LogP contribution in [0.25, 0.3) is 32.9 Å². The molecular weight excluding hydrogens is 698 g/mol. The number of fused-ring (bicyclic) bond motifs is 4. The van der Waals surface area contributed by atoms with Gasteiger partial charge in [0.25, 0.3) is 6.43 Å². The van der Waals surface area contributed by atoms with E-state index in [-0.39, 0.29) is 64.2 Å². The number of carbonyl (C=O) groups is 1. The number of rotatable bonds is 8. The Hall–Kier alpha value is -4.11. The van der Waals surface area contributed by atoms with E-state index in [2.05, 4.69) is 27.1 Å². The molecule has 0 spiro atoms. The molecular formula is C38H34Cl2F3N7O. The highest BCUT2D eigenvalue weighted by Crippen LogP contribution is 2.52. The average Bonchev–Trinajstić information content (AvgIpc) is 3.61. The van der Waals surface area contributed by atoms with Crippen molar-refractivity contribution in [1.29, 1.82) is 5.26 Å². The van der Waals surface area contributed by atoms with Crippen molar-refractivity contribution in [3.05, 3.63) is 81.1 Å². The van der Waals surface area contributed by atoms with Gasteiger partial charge in [0, 0.05) is 71.0 Å². The highest BCUT2D eigenvalue weighted by Gasteiger charge is 2.51. The topological polar surface area (TPSA) is 91.8 Å². The predicted octanol–water partition coefficient (Wildman–Crippen LogP) is 8.66. The molecule has 6 heterocycles. The van der Waals surface area contributed by atoms with Crippen molar-refractivity contribution in [3.8, 4) is 17.2 Å². The molecule has 1 amide bonds. The minimum absolute atomic E-state index is 0.0439. The second kappa shape index (κ2) is 12.2. The molecule has 0 unspecified atom stereocenters. The second-order valence-corrected chi connectivity index (χ2v) is 15.3. The molecule has 5 aromatic rings. The lowest BCUT2D eigenvalue weighted by Gasteiger charge is -2.39. The maximum atomic E-state index is 17.1. The number of aromatic nitrogens is 4. The lowest BCUT2D eigenvalue weighted by atomic mass is 9.79. The Morgan fingerprint density at radius 3 is 2.67 bits per heavy atom. The number of nitrogens with zero attached hydrogens (tertiary/aromatic N) is 6. The van der Waals surface area contributed by atoms with Crippen LogP contribution in [0, 0.1) is 35.9 Å². The molecule has 2 aliphatic carbocycles. The van der Waals surface area contributed by atoms with Crippen LogP contribution in [-0.2, 0) is 11.2 Å². The van der Waals surface area contributed by atoms with Gasteiger partial charge in [0.2, 0.25) is 5.91 Å². The van der Waals surface area contributed by atoms with Gasteiger partial charge in [-0.15, -0.1) is 0 Å². The predicted molar refractivity (Wildman–Crippen MR) is 188 cm³/mol. The summed E-state index contributed by atoms with van der Waals surface area (Å²) in [5.74, 6) is -0.149. The normalized spacial score (nSPS) is 24.2. The minimum atomic E-state index is -2.69. The Kier molecular flexibility index (Phi) is 7.87. The summed E-state index contributed by atoms with van der Waals surface area (Å²) in [7, 11) is 0. The van der Waals surface area contributed by atoms with Gasteiger partial charge in [-0.1, -0.05) is 35.3 Å². The molecule has 10 rings (SSSR count). The van der Waals surface area contributed by atoms with Gasteiger partial charge in [-0.3, -0.25) is 9.48 Å². The van der Waals surface area contributed by atoms with Crippen molar-refractivity contribution in [3.63, 3.8) is 0 Å². The number of benzene rings is 2. The van der Waals surface area contributed by atoms with Crippen LogP contribution in [0.15, 0.2) is 42.6 Å². The number of likely N-dealkylation sites (tertiary alicyclic amines) is 1. The summed E-state index contributed by atoms with van der Waals surface area (Å²) < 4.78 is 48.2. The third kappa shape index (κ3) is 5.16. The van der Waals surface area contributed by atoms with Gasteiger partial charge in [0.1, 0.15) is 11.2 Å². The maximum absolute atomic E-state index is 17.1. The number of amides is 1. The van der Waals surface area contributed by atoms with E-state index in [0.29, 0.717) is 52.5 Å². The summed E-state index contributed by atoms with van der Waals surface area (Å²) in [5.41, 5.74) is 3.68. The Balaban J connectivity index is 1.28. The van der Waals surface area contributed by atoms with E-state index in [9.17, 15) is 18.8 Å². The van der Waals surface area contributed by atoms with Crippen molar-refractivity contribution in [2.24, 2.45) is 11.8 Å². The van der Waals surface area contributed by atoms with Crippen LogP contribution in [0.1, 0.15) is 79.3 Å². The van der Waals surface area contributed by atoms with Gasteiger partial charge in [-0.25, -0.2) is 18.2 Å². The largest absolute Gasteiger partial charge is 0.337 e. The van der Waals surface area contributed by atoms with Crippen LogP contribution in [0.4, 0.5) is 13.2 Å². The van der Waals surface area contributed by atoms with Crippen LogP contribution < -0.4 is 5.32 Å². The van der Waals surface area contributed by atoms with Gasteiger partial charge < -0.3 is 14.8 Å². The van der Waals surface area contributed by atoms with E-state index in [1.54, 1.807) is 29.1 Å². The van der Waals surface area contributed by atoms with Crippen LogP contribution in [0.3, 0.4) is 0 Å². The van der Waals surface area contributed by atoms with Crippen molar-refractivity contribution in [1.82, 2.24) is 29.5 Å². The van der Waals surface area contributed by atoms with Gasteiger partial charge in [0.05, 0.1) is 39.8 Å². The molecule has 2 saturated carbocycles. The molecule has 3 aromatic heterocycles. The summed E-state index contributed by atoms with van der Waals surface area (Å²) in [5, 5.41) is 19.4. The summed E-state index contributed by atoms with van der Waals surface area (Å²) in [6, 6.07) is 12.3. The summed E-state index contributed by atoms with van der Waals surface area (Å²) in [6.45, 7) is 3.09. The first-order chi connectivity index (χ1) is 24.6. The fourth-order valence-electron chi connectivity index (χ4n) is 8.87. The number of pyridine rings is 1. The van der Waals surface area contributed by atoms with E-state index < -0.39 is 12.2 Å². The number of aryl methyl sites for hydroxylation is 2. The summed E-state index contributed by atoms with van der Waals surface area (Å²) in [4.78, 5) is 20.7. The monoisotopic (exact) mass is 731 g/mol. The first-order valence-corrected chi connectivity index (χ1v) is 18.2. The molecule has 3 aliphatic heterocycles. The molecule has 3 saturated heterocycles. The van der Waals surface area contributed by atoms with Crippen LogP contribution >= 0.6 is 23.2 Å². The quantitative estimate of drug-likeness (QED) is 0.173. The van der Waals surface area contributed by atoms with Gasteiger partial charge >= 0.3 is 0 Å². The van der Waals surface area contributed by atoms with Crippen LogP contribution in [0.2, 0.25) is 10.0 Å². The van der Waals surface area contributed by atoms with Crippen LogP contribution in [-0.4, -0.2) is 49.3 Å². The van der Waals surface area contributed by atoms with E-state index in [1.807, 2.05) is 17.9 Å². The highest BCUT2D eigenvalue weighted by molar-refractivity contribution is 6.43. The van der Waals surface area contributed by atoms with Gasteiger partial charge in [-0.2, -0.15) is 10.4 Å². The third-order valence-electron chi connectivity index (χ3n) is 11.5. The molecule has 2 bridgehead atoms. The Morgan fingerprint density at radius 2 is 1.98 bits per heavy atom. The fraction of sp³-hybridized carbons (Fsp3) is 0.421. The molecule has 1 N–H and O–H groups in total. The van der Waals surface area contributed by atoms with Gasteiger partial charge in [0.15, 0.2) is 5.82 Å². The van der Waals surface area contributed by atoms with Crippen molar-refractivity contribution in [2.75, 3.05) is 13.1 Å². The molecule has 5 fully saturated rings. The van der Waals surface area contributed by atoms with E-state index in [0.717, 1.165) is 42.4 Å². The number of alkyl halides is 2. The maximum Gasteiger partial charge on any atom is 0.282 e. The zero-order valence-electron chi connectivity index (χ0n) is 27.7. The van der Waals surface area contributed by atoms with Gasteiger partial charge in [-0.05, 0) is 74.8 Å². The first kappa shape index (κ1) is 32.8. The van der Waals surface area contributed by atoms with Crippen molar-refractivity contribution >= 4 is 50.9 Å². The minimum Gasteiger partial charge on any atom is -0.337 e. The fourth-order valence-corrected chi connectivity index (χ4v) is 9.26. The molecule has 0 radical (unpaired) electrons. The Bertz CT molecular complexity index is 2280. The zero-order valence-corrected chi connectivity index (χ0v) is 29.2. The number of hydrogen-bond donors (Lipinski definition) is 1. The lowest BCUT2D eigenvalue weighted by molar-refractivity contribution is -0.133. The molecule has 8 nitrogen and oxygen atoms in total. The smallest absolute Gasteiger partial charge is 0.282 e. The average molecular weight is 733 g/mol. The highest BCUT2D eigenvalue weighted by atomic mass is 35.5. The number of hydrogen-bond acceptors (Lipinski definition) is 5. The molecule has 2 aromatic carbocycles. The Morgan fingerprint density at radius 1 is 1.16 bits per heavy atom. The Labute approximate surface area is 302 Å².